The number of aliphatic carboxylic acids is 1. The molecule has 1 aliphatic rings. The molecular formula is C15H18ClNO3. The maximum atomic E-state index is 12.6. The van der Waals surface area contributed by atoms with E-state index < -0.39 is 5.97 Å². The van der Waals surface area contributed by atoms with Crippen LogP contribution in [0.3, 0.4) is 0 Å². The fourth-order valence-electron chi connectivity index (χ4n) is 2.65. The van der Waals surface area contributed by atoms with Gasteiger partial charge in [-0.15, -0.1) is 0 Å². The molecule has 0 unspecified atom stereocenters. The van der Waals surface area contributed by atoms with Gasteiger partial charge in [-0.1, -0.05) is 23.7 Å². The van der Waals surface area contributed by atoms with E-state index in [1.165, 1.54) is 0 Å². The topological polar surface area (TPSA) is 57.6 Å². The smallest absolute Gasteiger partial charge is 0.303 e. The van der Waals surface area contributed by atoms with Gasteiger partial charge in [-0.05, 0) is 37.8 Å². The van der Waals surface area contributed by atoms with Crippen molar-refractivity contribution in [1.82, 2.24) is 4.90 Å². The van der Waals surface area contributed by atoms with Gasteiger partial charge in [-0.25, -0.2) is 0 Å². The summed E-state index contributed by atoms with van der Waals surface area (Å²) in [4.78, 5) is 25.1. The van der Waals surface area contributed by atoms with Crippen molar-refractivity contribution in [2.75, 3.05) is 6.54 Å². The van der Waals surface area contributed by atoms with Crippen LogP contribution in [0.4, 0.5) is 0 Å². The van der Waals surface area contributed by atoms with E-state index in [0.29, 0.717) is 23.6 Å². The summed E-state index contributed by atoms with van der Waals surface area (Å²) in [6.07, 6.45) is 3.46. The Labute approximate surface area is 123 Å². The Morgan fingerprint density at radius 2 is 2.05 bits per heavy atom. The van der Waals surface area contributed by atoms with Gasteiger partial charge in [-0.2, -0.15) is 0 Å². The molecule has 1 saturated heterocycles. The number of hydrogen-bond donors (Lipinski definition) is 1. The van der Waals surface area contributed by atoms with Gasteiger partial charge < -0.3 is 10.0 Å². The molecule has 0 aliphatic carbocycles. The van der Waals surface area contributed by atoms with Gasteiger partial charge in [0.2, 0.25) is 0 Å². The minimum absolute atomic E-state index is 0.00335. The Balaban J connectivity index is 2.13. The highest BCUT2D eigenvalue weighted by molar-refractivity contribution is 6.33. The van der Waals surface area contributed by atoms with Gasteiger partial charge in [0.25, 0.3) is 5.91 Å². The molecule has 0 radical (unpaired) electrons. The first-order valence-electron chi connectivity index (χ1n) is 6.87. The van der Waals surface area contributed by atoms with Gasteiger partial charge in [0, 0.05) is 19.0 Å². The number of hydrogen-bond acceptors (Lipinski definition) is 2. The van der Waals surface area contributed by atoms with E-state index in [1.54, 1.807) is 29.2 Å². The Hall–Kier alpha value is -1.55. The summed E-state index contributed by atoms with van der Waals surface area (Å²) in [5, 5.41) is 9.25. The van der Waals surface area contributed by atoms with Crippen LogP contribution in [-0.2, 0) is 4.79 Å². The van der Waals surface area contributed by atoms with Crippen molar-refractivity contribution < 1.29 is 14.7 Å². The number of nitrogens with zero attached hydrogens (tertiary/aromatic N) is 1. The molecule has 0 spiro atoms. The molecule has 1 aromatic carbocycles. The second kappa shape index (κ2) is 6.75. The molecule has 2 rings (SSSR count). The monoisotopic (exact) mass is 295 g/mol. The summed E-state index contributed by atoms with van der Waals surface area (Å²) in [5.41, 5.74) is 0.497. The zero-order valence-electron chi connectivity index (χ0n) is 11.2. The van der Waals surface area contributed by atoms with E-state index in [1.807, 2.05) is 0 Å². The molecule has 1 fully saturated rings. The third-order valence-electron chi connectivity index (χ3n) is 3.68. The lowest BCUT2D eigenvalue weighted by Gasteiger charge is -2.36. The van der Waals surface area contributed by atoms with Gasteiger partial charge in [0.05, 0.1) is 10.6 Å². The number of amides is 1. The summed E-state index contributed by atoms with van der Waals surface area (Å²) in [6, 6.07) is 6.99. The SMILES string of the molecule is O=C(O)CC[C@H]1CCCCN1C(=O)c1ccccc1Cl. The first-order valence-corrected chi connectivity index (χ1v) is 7.24. The number of carboxylic acid groups (broad SMARTS) is 1. The van der Waals surface area contributed by atoms with Crippen molar-refractivity contribution in [3.05, 3.63) is 34.9 Å². The number of carbonyl (C=O) groups excluding carboxylic acids is 1. The van der Waals surface area contributed by atoms with Crippen LogP contribution in [0.15, 0.2) is 24.3 Å². The predicted octanol–water partition coefficient (Wildman–Crippen LogP) is 3.20. The summed E-state index contributed by atoms with van der Waals surface area (Å²) < 4.78 is 0. The molecule has 1 amide bonds. The summed E-state index contributed by atoms with van der Waals surface area (Å²) in [7, 11) is 0. The molecule has 1 heterocycles. The highest BCUT2D eigenvalue weighted by Crippen LogP contribution is 2.25. The van der Waals surface area contributed by atoms with Crippen molar-refractivity contribution in [3.63, 3.8) is 0 Å². The summed E-state index contributed by atoms with van der Waals surface area (Å²) in [5.74, 6) is -0.911. The Kier molecular flexibility index (Phi) is 5.01. The van der Waals surface area contributed by atoms with Crippen LogP contribution in [0.1, 0.15) is 42.5 Å². The molecule has 0 aromatic heterocycles. The number of rotatable bonds is 4. The highest BCUT2D eigenvalue weighted by atomic mass is 35.5. The van der Waals surface area contributed by atoms with Crippen LogP contribution >= 0.6 is 11.6 Å². The molecule has 108 valence electrons. The molecule has 20 heavy (non-hydrogen) atoms. The van der Waals surface area contributed by atoms with Gasteiger partial charge in [0.1, 0.15) is 0 Å². The molecule has 1 atom stereocenters. The minimum atomic E-state index is -0.819. The Morgan fingerprint density at radius 3 is 2.75 bits per heavy atom. The average Bonchev–Trinajstić information content (AvgIpc) is 2.45. The molecule has 5 heteroatoms. The molecular weight excluding hydrogens is 278 g/mol. The molecule has 1 aromatic rings. The number of likely N-dealkylation sites (tertiary alicyclic amines) is 1. The normalized spacial score (nSPS) is 18.9. The van der Waals surface area contributed by atoms with Crippen LogP contribution in [0.2, 0.25) is 5.02 Å². The number of benzene rings is 1. The van der Waals surface area contributed by atoms with E-state index in [-0.39, 0.29) is 18.4 Å². The fourth-order valence-corrected chi connectivity index (χ4v) is 2.86. The van der Waals surface area contributed by atoms with Crippen molar-refractivity contribution >= 4 is 23.5 Å². The molecule has 0 bridgehead atoms. The van der Waals surface area contributed by atoms with E-state index >= 15 is 0 Å². The molecule has 1 N–H and O–H groups in total. The van der Waals surface area contributed by atoms with Crippen molar-refractivity contribution in [2.24, 2.45) is 0 Å². The third kappa shape index (κ3) is 3.51. The second-order valence-electron chi connectivity index (χ2n) is 5.06. The predicted molar refractivity (Wildman–Crippen MR) is 77.0 cm³/mol. The lowest BCUT2D eigenvalue weighted by molar-refractivity contribution is -0.137. The standard InChI is InChI=1S/C15H18ClNO3/c16-13-7-2-1-6-12(13)15(20)17-10-4-3-5-11(17)8-9-14(18)19/h1-2,6-7,11H,3-5,8-10H2,(H,18,19)/t11-/m1/s1. The summed E-state index contributed by atoms with van der Waals surface area (Å²) >= 11 is 6.07. The first-order chi connectivity index (χ1) is 9.59. The lowest BCUT2D eigenvalue weighted by Crippen LogP contribution is -2.44. The van der Waals surface area contributed by atoms with Crippen LogP contribution in [-0.4, -0.2) is 34.5 Å². The first kappa shape index (κ1) is 14.9. The minimum Gasteiger partial charge on any atom is -0.481 e. The van der Waals surface area contributed by atoms with E-state index in [9.17, 15) is 9.59 Å². The van der Waals surface area contributed by atoms with Gasteiger partial charge in [-0.3, -0.25) is 9.59 Å². The van der Waals surface area contributed by atoms with Crippen molar-refractivity contribution in [1.29, 1.82) is 0 Å². The van der Waals surface area contributed by atoms with Crippen LogP contribution in [0, 0.1) is 0 Å². The van der Waals surface area contributed by atoms with Crippen molar-refractivity contribution in [2.45, 2.75) is 38.1 Å². The Morgan fingerprint density at radius 1 is 1.30 bits per heavy atom. The molecule has 0 saturated carbocycles. The fraction of sp³-hybridized carbons (Fsp3) is 0.467. The number of carbonyl (C=O) groups is 2. The Bertz CT molecular complexity index is 504. The van der Waals surface area contributed by atoms with Gasteiger partial charge in [0.15, 0.2) is 0 Å². The van der Waals surface area contributed by atoms with Crippen LogP contribution < -0.4 is 0 Å². The second-order valence-corrected chi connectivity index (χ2v) is 5.47. The molecule has 4 nitrogen and oxygen atoms in total. The quantitative estimate of drug-likeness (QED) is 0.928. The van der Waals surface area contributed by atoms with E-state index in [4.69, 9.17) is 16.7 Å². The number of carboxylic acids is 1. The third-order valence-corrected chi connectivity index (χ3v) is 4.01. The maximum absolute atomic E-state index is 12.6. The van der Waals surface area contributed by atoms with E-state index in [2.05, 4.69) is 0 Å². The van der Waals surface area contributed by atoms with Crippen LogP contribution in [0.25, 0.3) is 0 Å². The lowest BCUT2D eigenvalue weighted by atomic mass is 9.97. The zero-order chi connectivity index (χ0) is 14.5. The number of halogens is 1. The number of piperidine rings is 1. The van der Waals surface area contributed by atoms with Gasteiger partial charge >= 0.3 is 5.97 Å². The maximum Gasteiger partial charge on any atom is 0.303 e. The summed E-state index contributed by atoms with van der Waals surface area (Å²) in [6.45, 7) is 0.675. The average molecular weight is 296 g/mol. The highest BCUT2D eigenvalue weighted by Gasteiger charge is 2.28. The molecule has 1 aliphatic heterocycles. The largest absolute Gasteiger partial charge is 0.481 e. The van der Waals surface area contributed by atoms with Crippen LogP contribution in [0.5, 0.6) is 0 Å². The van der Waals surface area contributed by atoms with Crippen molar-refractivity contribution in [3.8, 4) is 0 Å². The van der Waals surface area contributed by atoms with E-state index in [0.717, 1.165) is 19.3 Å². The zero-order valence-corrected chi connectivity index (χ0v) is 12.0.